The molecule has 1 aliphatic heterocycles. The van der Waals surface area contributed by atoms with E-state index in [1.54, 1.807) is 32.0 Å². The first-order chi connectivity index (χ1) is 11.2. The van der Waals surface area contributed by atoms with Crippen molar-refractivity contribution in [2.45, 2.75) is 25.4 Å². The van der Waals surface area contributed by atoms with Crippen molar-refractivity contribution in [3.05, 3.63) is 59.2 Å². The molecule has 0 spiro atoms. The van der Waals surface area contributed by atoms with E-state index in [1.165, 1.54) is 18.2 Å². The molecule has 1 amide bonds. The van der Waals surface area contributed by atoms with Crippen LogP contribution in [0.3, 0.4) is 0 Å². The maximum absolute atomic E-state index is 13.3. The van der Waals surface area contributed by atoms with Crippen LogP contribution < -0.4 is 5.32 Å². The first-order valence-corrected chi connectivity index (χ1v) is 7.50. The van der Waals surface area contributed by atoms with E-state index in [0.29, 0.717) is 11.1 Å². The first kappa shape index (κ1) is 16.4. The van der Waals surface area contributed by atoms with Crippen LogP contribution in [0.15, 0.2) is 42.5 Å². The first-order valence-electron chi connectivity index (χ1n) is 7.50. The number of carbonyl (C=O) groups is 1. The number of aromatic hydroxyl groups is 1. The molecule has 2 N–H and O–H groups in total. The Bertz CT molecular complexity index is 797. The average molecular weight is 335 g/mol. The minimum atomic E-state index is -4.55. The van der Waals surface area contributed by atoms with Crippen LogP contribution in [0, 0.1) is 5.92 Å². The third-order valence-electron chi connectivity index (χ3n) is 4.58. The maximum Gasteiger partial charge on any atom is 0.418 e. The summed E-state index contributed by atoms with van der Waals surface area (Å²) >= 11 is 0. The Kier molecular flexibility index (Phi) is 3.59. The van der Waals surface area contributed by atoms with E-state index in [9.17, 15) is 23.1 Å². The summed E-state index contributed by atoms with van der Waals surface area (Å²) < 4.78 is 39.9. The fourth-order valence-electron chi connectivity index (χ4n) is 3.50. The molecule has 0 radical (unpaired) electrons. The zero-order valence-electron chi connectivity index (χ0n) is 13.1. The molecule has 3 rings (SSSR count). The molecule has 0 saturated carbocycles. The van der Waals surface area contributed by atoms with E-state index < -0.39 is 23.1 Å². The normalized spacial score (nSPS) is 20.2. The highest BCUT2D eigenvalue weighted by molar-refractivity contribution is 6.09. The smallest absolute Gasteiger partial charge is 0.418 e. The van der Waals surface area contributed by atoms with Gasteiger partial charge in [-0.1, -0.05) is 38.1 Å². The van der Waals surface area contributed by atoms with Crippen molar-refractivity contribution in [1.82, 2.24) is 0 Å². The summed E-state index contributed by atoms with van der Waals surface area (Å²) in [7, 11) is 0. The van der Waals surface area contributed by atoms with E-state index in [-0.39, 0.29) is 17.4 Å². The SMILES string of the molecule is CC(C)C1(c2ccc(O)cc2)C(=O)Nc2c(C(F)(F)F)cccc21. The molecule has 0 bridgehead atoms. The Morgan fingerprint density at radius 2 is 1.71 bits per heavy atom. The van der Waals surface area contributed by atoms with Crippen molar-refractivity contribution >= 4 is 11.6 Å². The van der Waals surface area contributed by atoms with Gasteiger partial charge in [-0.2, -0.15) is 13.2 Å². The second kappa shape index (κ2) is 5.26. The lowest BCUT2D eigenvalue weighted by Gasteiger charge is -2.32. The second-order valence-electron chi connectivity index (χ2n) is 6.19. The number of rotatable bonds is 2. The predicted molar refractivity (Wildman–Crippen MR) is 83.8 cm³/mol. The lowest BCUT2D eigenvalue weighted by molar-refractivity contribution is -0.136. The number of phenolic OH excluding ortho intramolecular Hbond substituents is 1. The highest BCUT2D eigenvalue weighted by Gasteiger charge is 2.52. The minimum Gasteiger partial charge on any atom is -0.508 e. The number of hydrogen-bond donors (Lipinski definition) is 2. The number of para-hydroxylation sites is 1. The molecule has 1 atom stereocenters. The van der Waals surface area contributed by atoms with Gasteiger partial charge in [0.2, 0.25) is 5.91 Å². The van der Waals surface area contributed by atoms with Crippen LogP contribution in [-0.2, 0) is 16.4 Å². The topological polar surface area (TPSA) is 49.3 Å². The van der Waals surface area contributed by atoms with Crippen LogP contribution in [0.1, 0.15) is 30.5 Å². The van der Waals surface area contributed by atoms with Crippen LogP contribution in [-0.4, -0.2) is 11.0 Å². The highest BCUT2D eigenvalue weighted by atomic mass is 19.4. The van der Waals surface area contributed by atoms with Gasteiger partial charge in [0.15, 0.2) is 0 Å². The maximum atomic E-state index is 13.3. The van der Waals surface area contributed by atoms with Crippen LogP contribution >= 0.6 is 0 Å². The van der Waals surface area contributed by atoms with E-state index in [0.717, 1.165) is 6.07 Å². The van der Waals surface area contributed by atoms with Crippen molar-refractivity contribution in [3.63, 3.8) is 0 Å². The van der Waals surface area contributed by atoms with Crippen LogP contribution in [0.5, 0.6) is 5.75 Å². The van der Waals surface area contributed by atoms with Crippen LogP contribution in [0.4, 0.5) is 18.9 Å². The number of halogens is 3. The highest BCUT2D eigenvalue weighted by Crippen LogP contribution is 2.51. The molecule has 6 heteroatoms. The quantitative estimate of drug-likeness (QED) is 0.859. The molecular formula is C18H16F3NO2. The number of fused-ring (bicyclic) bond motifs is 1. The van der Waals surface area contributed by atoms with Gasteiger partial charge in [-0.25, -0.2) is 0 Å². The Morgan fingerprint density at radius 1 is 1.08 bits per heavy atom. The molecular weight excluding hydrogens is 319 g/mol. The number of benzene rings is 2. The number of carbonyl (C=O) groups excluding carboxylic acids is 1. The molecule has 24 heavy (non-hydrogen) atoms. The molecule has 0 aliphatic carbocycles. The fraction of sp³-hybridized carbons (Fsp3) is 0.278. The Balaban J connectivity index is 2.32. The number of anilines is 1. The number of hydrogen-bond acceptors (Lipinski definition) is 2. The van der Waals surface area contributed by atoms with Crippen molar-refractivity contribution in [2.75, 3.05) is 5.32 Å². The summed E-state index contributed by atoms with van der Waals surface area (Å²) in [6.07, 6.45) is -4.55. The summed E-state index contributed by atoms with van der Waals surface area (Å²) in [6, 6.07) is 9.84. The molecule has 126 valence electrons. The molecule has 3 nitrogen and oxygen atoms in total. The fourth-order valence-corrected chi connectivity index (χ4v) is 3.50. The van der Waals surface area contributed by atoms with Crippen molar-refractivity contribution in [3.8, 4) is 5.75 Å². The molecule has 2 aromatic rings. The summed E-state index contributed by atoms with van der Waals surface area (Å²) in [5.41, 5.74) is -1.41. The standard InChI is InChI=1S/C18H16F3NO2/c1-10(2)17(11-6-8-12(23)9-7-11)13-4-3-5-14(18(19,20)21)15(13)22-16(17)24/h3-10,23H,1-2H3,(H,22,24). The molecule has 0 saturated heterocycles. The van der Waals surface area contributed by atoms with Gasteiger partial charge in [-0.15, -0.1) is 0 Å². The Hall–Kier alpha value is -2.50. The lowest BCUT2D eigenvalue weighted by Crippen LogP contribution is -2.40. The van der Waals surface area contributed by atoms with Crippen molar-refractivity contribution < 1.29 is 23.1 Å². The van der Waals surface area contributed by atoms with Crippen molar-refractivity contribution in [1.29, 1.82) is 0 Å². The van der Waals surface area contributed by atoms with E-state index >= 15 is 0 Å². The van der Waals surface area contributed by atoms with Crippen LogP contribution in [0.2, 0.25) is 0 Å². The number of amides is 1. The second-order valence-corrected chi connectivity index (χ2v) is 6.19. The van der Waals surface area contributed by atoms with Gasteiger partial charge in [-0.3, -0.25) is 4.79 Å². The predicted octanol–water partition coefficient (Wildman–Crippen LogP) is 4.31. The van der Waals surface area contributed by atoms with E-state index in [4.69, 9.17) is 0 Å². The largest absolute Gasteiger partial charge is 0.508 e. The Labute approximate surface area is 137 Å². The van der Waals surface area contributed by atoms with E-state index in [2.05, 4.69) is 5.32 Å². The number of alkyl halides is 3. The molecule has 1 heterocycles. The molecule has 0 aromatic heterocycles. The molecule has 0 fully saturated rings. The minimum absolute atomic E-state index is 0.0281. The van der Waals surface area contributed by atoms with Gasteiger partial charge in [0.1, 0.15) is 11.2 Å². The van der Waals surface area contributed by atoms with Gasteiger partial charge >= 0.3 is 6.18 Å². The van der Waals surface area contributed by atoms with Gasteiger partial charge in [0, 0.05) is 0 Å². The lowest BCUT2D eigenvalue weighted by atomic mass is 9.67. The van der Waals surface area contributed by atoms with Crippen LogP contribution in [0.25, 0.3) is 0 Å². The van der Waals surface area contributed by atoms with Gasteiger partial charge in [0.05, 0.1) is 11.3 Å². The molecule has 1 unspecified atom stereocenters. The summed E-state index contributed by atoms with van der Waals surface area (Å²) in [4.78, 5) is 12.8. The van der Waals surface area contributed by atoms with Gasteiger partial charge < -0.3 is 10.4 Å². The summed E-state index contributed by atoms with van der Waals surface area (Å²) in [5, 5.41) is 11.9. The van der Waals surface area contributed by atoms with E-state index in [1.807, 2.05) is 0 Å². The zero-order valence-corrected chi connectivity index (χ0v) is 13.1. The van der Waals surface area contributed by atoms with Gasteiger partial charge in [0.25, 0.3) is 0 Å². The summed E-state index contributed by atoms with van der Waals surface area (Å²) in [5.74, 6) is -0.748. The molecule has 1 aliphatic rings. The third-order valence-corrected chi connectivity index (χ3v) is 4.58. The van der Waals surface area contributed by atoms with Crippen molar-refractivity contribution in [2.24, 2.45) is 5.92 Å². The third kappa shape index (κ3) is 2.17. The average Bonchev–Trinajstić information content (AvgIpc) is 2.79. The zero-order chi connectivity index (χ0) is 17.7. The Morgan fingerprint density at radius 3 is 2.25 bits per heavy atom. The monoisotopic (exact) mass is 335 g/mol. The number of nitrogens with one attached hydrogen (secondary N) is 1. The summed E-state index contributed by atoms with van der Waals surface area (Å²) in [6.45, 7) is 3.59. The molecule has 2 aromatic carbocycles. The van der Waals surface area contributed by atoms with Gasteiger partial charge in [-0.05, 0) is 35.2 Å². The number of phenols is 1.